The number of hydrogen-bond acceptors (Lipinski definition) is 6. The first-order valence-corrected chi connectivity index (χ1v) is 8.41. The standard InChI is InChI=1S/C14H26O7S.K.H/c1-13(2,3)8-20-11(15)7-10(22(17,18)19)12(16)21-9-14(4,5)6;;/h10H,7-9H2,1-6H3,(H,17,18,19);;/q;+1;-1. The average Bonchev–Trinajstić information content (AvgIpc) is 2.27. The van der Waals surface area contributed by atoms with Gasteiger partial charge in [0.2, 0.25) is 0 Å². The smallest absolute Gasteiger partial charge is 1.00 e. The minimum Gasteiger partial charge on any atom is -1.00 e. The van der Waals surface area contributed by atoms with Gasteiger partial charge < -0.3 is 10.9 Å². The van der Waals surface area contributed by atoms with Crippen LogP contribution in [0.15, 0.2) is 0 Å². The maximum atomic E-state index is 11.8. The minimum atomic E-state index is -4.76. The van der Waals surface area contributed by atoms with Gasteiger partial charge >= 0.3 is 63.3 Å². The molecule has 1 atom stereocenters. The van der Waals surface area contributed by atoms with Gasteiger partial charge in [-0.25, -0.2) is 0 Å². The molecule has 0 aliphatic carbocycles. The van der Waals surface area contributed by atoms with Gasteiger partial charge in [0.15, 0.2) is 5.25 Å². The number of rotatable bonds is 6. The molecule has 23 heavy (non-hydrogen) atoms. The Hall–Kier alpha value is 0.486. The van der Waals surface area contributed by atoms with Crippen molar-refractivity contribution in [2.75, 3.05) is 13.2 Å². The first-order chi connectivity index (χ1) is 9.62. The predicted molar refractivity (Wildman–Crippen MR) is 81.9 cm³/mol. The van der Waals surface area contributed by atoms with Gasteiger partial charge in [-0.15, -0.1) is 0 Å². The third kappa shape index (κ3) is 13.5. The van der Waals surface area contributed by atoms with Crippen LogP contribution in [0.5, 0.6) is 0 Å². The summed E-state index contributed by atoms with van der Waals surface area (Å²) in [7, 11) is -4.76. The van der Waals surface area contributed by atoms with Gasteiger partial charge in [0, 0.05) is 0 Å². The summed E-state index contributed by atoms with van der Waals surface area (Å²) in [4.78, 5) is 23.5. The van der Waals surface area contributed by atoms with Crippen molar-refractivity contribution < 1.29 is 84.8 Å². The molecule has 0 radical (unpaired) electrons. The van der Waals surface area contributed by atoms with Crippen LogP contribution in [0.2, 0.25) is 0 Å². The second-order valence-corrected chi connectivity index (χ2v) is 9.20. The largest absolute Gasteiger partial charge is 1.00 e. The van der Waals surface area contributed by atoms with Crippen molar-refractivity contribution in [1.82, 2.24) is 0 Å². The Morgan fingerprint density at radius 3 is 1.74 bits per heavy atom. The molecule has 0 saturated heterocycles. The fourth-order valence-corrected chi connectivity index (χ4v) is 1.86. The average molecular weight is 379 g/mol. The van der Waals surface area contributed by atoms with E-state index in [2.05, 4.69) is 0 Å². The molecule has 0 aliphatic rings. The molecule has 0 heterocycles. The number of esters is 2. The predicted octanol–water partition coefficient (Wildman–Crippen LogP) is -1.07. The summed E-state index contributed by atoms with van der Waals surface area (Å²) >= 11 is 0. The van der Waals surface area contributed by atoms with E-state index in [0.29, 0.717) is 0 Å². The molecular formula is C14H27KO7S. The Labute approximate surface area is 182 Å². The van der Waals surface area contributed by atoms with Crippen molar-refractivity contribution in [2.24, 2.45) is 10.8 Å². The van der Waals surface area contributed by atoms with E-state index in [1.54, 1.807) is 20.8 Å². The third-order valence-electron chi connectivity index (χ3n) is 2.29. The third-order valence-corrected chi connectivity index (χ3v) is 3.37. The Balaban J connectivity index is -0.00000220. The number of ether oxygens (including phenoxy) is 2. The quantitative estimate of drug-likeness (QED) is 0.356. The van der Waals surface area contributed by atoms with Gasteiger partial charge in [-0.3, -0.25) is 14.1 Å². The molecule has 0 saturated carbocycles. The molecule has 7 nitrogen and oxygen atoms in total. The van der Waals surface area contributed by atoms with E-state index in [4.69, 9.17) is 14.0 Å². The molecular weight excluding hydrogens is 351 g/mol. The molecule has 0 aromatic heterocycles. The molecule has 0 bridgehead atoms. The van der Waals surface area contributed by atoms with Gasteiger partial charge in [-0.05, 0) is 10.8 Å². The number of carbonyl (C=O) groups is 2. The van der Waals surface area contributed by atoms with Crippen molar-refractivity contribution >= 4 is 22.1 Å². The van der Waals surface area contributed by atoms with Gasteiger partial charge in [-0.1, -0.05) is 41.5 Å². The monoisotopic (exact) mass is 378 g/mol. The van der Waals surface area contributed by atoms with Crippen LogP contribution in [0.25, 0.3) is 0 Å². The molecule has 0 aromatic carbocycles. The molecule has 0 fully saturated rings. The van der Waals surface area contributed by atoms with E-state index in [1.165, 1.54) is 0 Å². The normalized spacial score (nSPS) is 13.7. The van der Waals surface area contributed by atoms with Crippen LogP contribution in [-0.4, -0.2) is 43.4 Å². The first-order valence-electron chi connectivity index (χ1n) is 6.90. The van der Waals surface area contributed by atoms with Gasteiger partial charge in [0.1, 0.15) is 0 Å². The van der Waals surface area contributed by atoms with Crippen LogP contribution >= 0.6 is 0 Å². The summed E-state index contributed by atoms with van der Waals surface area (Å²) in [5.74, 6) is -2.05. The van der Waals surface area contributed by atoms with Crippen molar-refractivity contribution in [3.63, 3.8) is 0 Å². The van der Waals surface area contributed by atoms with Crippen molar-refractivity contribution in [3.05, 3.63) is 0 Å². The maximum absolute atomic E-state index is 11.8. The molecule has 0 aromatic rings. The van der Waals surface area contributed by atoms with E-state index < -0.39 is 33.7 Å². The Morgan fingerprint density at radius 1 is 1.00 bits per heavy atom. The summed E-state index contributed by atoms with van der Waals surface area (Å²) < 4.78 is 41.4. The van der Waals surface area contributed by atoms with Crippen molar-refractivity contribution in [3.8, 4) is 0 Å². The molecule has 0 spiro atoms. The zero-order valence-electron chi connectivity index (χ0n) is 16.0. The molecule has 0 aliphatic heterocycles. The van der Waals surface area contributed by atoms with Gasteiger partial charge in [-0.2, -0.15) is 8.42 Å². The molecule has 9 heteroatoms. The Kier molecular flexibility index (Phi) is 11.0. The van der Waals surface area contributed by atoms with Crippen LogP contribution in [-0.2, 0) is 29.2 Å². The van der Waals surface area contributed by atoms with E-state index in [-0.39, 0.29) is 76.9 Å². The fourth-order valence-electron chi connectivity index (χ4n) is 1.20. The summed E-state index contributed by atoms with van der Waals surface area (Å²) in [6.07, 6.45) is -0.780. The van der Waals surface area contributed by atoms with Crippen LogP contribution in [0.4, 0.5) is 0 Å². The van der Waals surface area contributed by atoms with Crippen molar-refractivity contribution in [1.29, 1.82) is 0 Å². The van der Waals surface area contributed by atoms with Crippen molar-refractivity contribution in [2.45, 2.75) is 53.2 Å². The van der Waals surface area contributed by atoms with E-state index in [1.807, 2.05) is 20.8 Å². The van der Waals surface area contributed by atoms with E-state index in [9.17, 15) is 18.0 Å². The summed E-state index contributed by atoms with van der Waals surface area (Å²) in [5, 5.41) is -1.97. The SMILES string of the molecule is CC(C)(C)COC(=O)CC(C(=O)OCC(C)(C)C)S(=O)(=O)O.[H-].[K+]. The van der Waals surface area contributed by atoms with E-state index in [0.717, 1.165) is 0 Å². The zero-order valence-corrected chi connectivity index (χ0v) is 18.9. The Bertz CT molecular complexity index is 506. The molecule has 0 rings (SSSR count). The number of carbonyl (C=O) groups excluding carboxylic acids is 2. The zero-order chi connectivity index (χ0) is 17.8. The fraction of sp³-hybridized carbons (Fsp3) is 0.857. The summed E-state index contributed by atoms with van der Waals surface area (Å²) in [6.45, 7) is 10.9. The van der Waals surface area contributed by atoms with Gasteiger partial charge in [0.05, 0.1) is 19.6 Å². The van der Waals surface area contributed by atoms with Crippen LogP contribution in [0, 0.1) is 10.8 Å². The Morgan fingerprint density at radius 2 is 1.39 bits per heavy atom. The topological polar surface area (TPSA) is 107 Å². The molecule has 1 N–H and O–H groups in total. The van der Waals surface area contributed by atoms with Crippen LogP contribution < -0.4 is 51.4 Å². The minimum absolute atomic E-state index is 0. The van der Waals surface area contributed by atoms with Crippen LogP contribution in [0.1, 0.15) is 49.4 Å². The van der Waals surface area contributed by atoms with Gasteiger partial charge in [0.25, 0.3) is 10.1 Å². The molecule has 1 unspecified atom stereocenters. The first kappa shape index (κ1) is 25.7. The number of hydrogen-bond donors (Lipinski definition) is 1. The maximum Gasteiger partial charge on any atom is 1.00 e. The van der Waals surface area contributed by atoms with Crippen LogP contribution in [0.3, 0.4) is 0 Å². The molecule has 132 valence electrons. The second-order valence-electron chi connectivity index (χ2n) is 7.60. The van der Waals surface area contributed by atoms with E-state index >= 15 is 0 Å². The molecule has 0 amide bonds. The summed E-state index contributed by atoms with van der Waals surface area (Å²) in [5.41, 5.74) is -0.665. The summed E-state index contributed by atoms with van der Waals surface area (Å²) in [6, 6.07) is 0. The second kappa shape index (κ2) is 9.84.